The van der Waals surface area contributed by atoms with Gasteiger partial charge >= 0.3 is 0 Å². The van der Waals surface area contributed by atoms with Crippen LogP contribution in [-0.4, -0.2) is 18.1 Å². The van der Waals surface area contributed by atoms with Gasteiger partial charge in [0.25, 0.3) is 0 Å². The lowest BCUT2D eigenvalue weighted by molar-refractivity contribution is 0.499. The molecule has 0 aliphatic rings. The molecule has 1 N–H and O–H groups in total. The zero-order chi connectivity index (χ0) is 13.8. The zero-order valence-corrected chi connectivity index (χ0v) is 11.7. The fourth-order valence-corrected chi connectivity index (χ4v) is 2.63. The fourth-order valence-electron chi connectivity index (χ4n) is 2.00. The van der Waals surface area contributed by atoms with Gasteiger partial charge in [-0.05, 0) is 32.5 Å². The molecule has 102 valence electrons. The maximum atomic E-state index is 13.6. The molecule has 1 unspecified atom stereocenters. The molecule has 0 bridgehead atoms. The van der Waals surface area contributed by atoms with Gasteiger partial charge in [0.05, 0.1) is 10.7 Å². The van der Waals surface area contributed by atoms with Gasteiger partial charge in [-0.2, -0.15) is 0 Å². The monoisotopic (exact) mass is 282 g/mol. The van der Waals surface area contributed by atoms with Crippen molar-refractivity contribution in [3.63, 3.8) is 0 Å². The molecular formula is C14H16F2N2S. The first-order valence-corrected chi connectivity index (χ1v) is 6.99. The number of aryl methyl sites for hydroxylation is 1. The molecule has 0 aliphatic heterocycles. The molecule has 1 aromatic carbocycles. The van der Waals surface area contributed by atoms with Crippen molar-refractivity contribution in [2.24, 2.45) is 0 Å². The highest BCUT2D eigenvalue weighted by atomic mass is 32.1. The van der Waals surface area contributed by atoms with E-state index in [4.69, 9.17) is 0 Å². The molecule has 2 rings (SSSR count). The number of nitrogens with zero attached hydrogens (tertiary/aromatic N) is 1. The van der Waals surface area contributed by atoms with E-state index in [1.54, 1.807) is 18.4 Å². The van der Waals surface area contributed by atoms with E-state index in [0.717, 1.165) is 10.7 Å². The molecule has 0 radical (unpaired) electrons. The predicted molar refractivity (Wildman–Crippen MR) is 73.5 cm³/mol. The lowest BCUT2D eigenvalue weighted by Crippen LogP contribution is -2.30. The van der Waals surface area contributed by atoms with Crippen LogP contribution in [-0.2, 0) is 12.8 Å². The highest BCUT2D eigenvalue weighted by molar-refractivity contribution is 7.09. The molecule has 5 heteroatoms. The number of hydrogen-bond acceptors (Lipinski definition) is 3. The predicted octanol–water partition coefficient (Wildman–Crippen LogP) is 3.10. The van der Waals surface area contributed by atoms with Crippen LogP contribution in [0.3, 0.4) is 0 Å². The number of nitrogens with one attached hydrogen (secondary N) is 1. The van der Waals surface area contributed by atoms with Gasteiger partial charge in [-0.15, -0.1) is 11.3 Å². The van der Waals surface area contributed by atoms with Gasteiger partial charge in [0.2, 0.25) is 0 Å². The van der Waals surface area contributed by atoms with Crippen molar-refractivity contribution in [1.82, 2.24) is 10.3 Å². The van der Waals surface area contributed by atoms with Gasteiger partial charge in [-0.3, -0.25) is 0 Å². The fraction of sp³-hybridized carbons (Fsp3) is 0.357. The minimum absolute atomic E-state index is 0.0344. The zero-order valence-electron chi connectivity index (χ0n) is 10.9. The lowest BCUT2D eigenvalue weighted by atomic mass is 10.0. The Morgan fingerprint density at radius 3 is 2.47 bits per heavy atom. The molecule has 0 spiro atoms. The van der Waals surface area contributed by atoms with Crippen molar-refractivity contribution in [2.45, 2.75) is 25.8 Å². The van der Waals surface area contributed by atoms with Crippen molar-refractivity contribution in [3.8, 4) is 0 Å². The third-order valence-corrected chi connectivity index (χ3v) is 3.86. The number of aromatic nitrogens is 1. The molecule has 1 aromatic heterocycles. The van der Waals surface area contributed by atoms with Gasteiger partial charge < -0.3 is 5.32 Å². The van der Waals surface area contributed by atoms with E-state index in [1.807, 2.05) is 12.3 Å². The Morgan fingerprint density at radius 2 is 1.95 bits per heavy atom. The third kappa shape index (κ3) is 3.58. The summed E-state index contributed by atoms with van der Waals surface area (Å²) in [5, 5.41) is 6.08. The average Bonchev–Trinajstić information content (AvgIpc) is 2.78. The van der Waals surface area contributed by atoms with Crippen LogP contribution in [0.1, 0.15) is 16.3 Å². The van der Waals surface area contributed by atoms with E-state index in [1.165, 1.54) is 18.2 Å². The Labute approximate surface area is 115 Å². The van der Waals surface area contributed by atoms with Crippen molar-refractivity contribution in [2.75, 3.05) is 7.05 Å². The second kappa shape index (κ2) is 6.21. The molecule has 1 atom stereocenters. The van der Waals surface area contributed by atoms with E-state index < -0.39 is 11.6 Å². The SMILES string of the molecule is CNC(Cc1csc(C)n1)Cc1c(F)cccc1F. The molecule has 1 heterocycles. The molecule has 2 aromatic rings. The summed E-state index contributed by atoms with van der Waals surface area (Å²) in [6.45, 7) is 1.94. The van der Waals surface area contributed by atoms with Crippen LogP contribution in [0, 0.1) is 18.6 Å². The standard InChI is InChI=1S/C14H16F2N2S/c1-9-18-11(8-19-9)6-10(17-2)7-12-13(15)4-3-5-14(12)16/h3-5,8,10,17H,6-7H2,1-2H3. The number of halogens is 2. The van der Waals surface area contributed by atoms with Gasteiger partial charge in [0.1, 0.15) is 11.6 Å². The summed E-state index contributed by atoms with van der Waals surface area (Å²) >= 11 is 1.58. The molecule has 0 saturated heterocycles. The number of thiazole rings is 1. The minimum atomic E-state index is -0.491. The van der Waals surface area contributed by atoms with Crippen LogP contribution in [0.25, 0.3) is 0 Å². The largest absolute Gasteiger partial charge is 0.316 e. The summed E-state index contributed by atoms with van der Waals surface area (Å²) in [7, 11) is 1.79. The van der Waals surface area contributed by atoms with E-state index >= 15 is 0 Å². The summed E-state index contributed by atoms with van der Waals surface area (Å²) < 4.78 is 27.2. The van der Waals surface area contributed by atoms with Crippen LogP contribution >= 0.6 is 11.3 Å². The van der Waals surface area contributed by atoms with Gasteiger partial charge in [0.15, 0.2) is 0 Å². The maximum absolute atomic E-state index is 13.6. The Morgan fingerprint density at radius 1 is 1.26 bits per heavy atom. The van der Waals surface area contributed by atoms with Gasteiger partial charge in [-0.25, -0.2) is 13.8 Å². The second-order valence-electron chi connectivity index (χ2n) is 4.45. The topological polar surface area (TPSA) is 24.9 Å². The Balaban J connectivity index is 2.11. The van der Waals surface area contributed by atoms with Crippen LogP contribution in [0.15, 0.2) is 23.6 Å². The van der Waals surface area contributed by atoms with Crippen molar-refractivity contribution < 1.29 is 8.78 Å². The van der Waals surface area contributed by atoms with Crippen LogP contribution in [0.2, 0.25) is 0 Å². The number of likely N-dealkylation sites (N-methyl/N-ethyl adjacent to an activating group) is 1. The van der Waals surface area contributed by atoms with Gasteiger partial charge in [0, 0.05) is 23.4 Å². The first-order valence-electron chi connectivity index (χ1n) is 6.11. The molecule has 2 nitrogen and oxygen atoms in total. The average molecular weight is 282 g/mol. The summed E-state index contributed by atoms with van der Waals surface area (Å²) in [6, 6.07) is 3.93. The second-order valence-corrected chi connectivity index (χ2v) is 5.51. The summed E-state index contributed by atoms with van der Waals surface area (Å²) in [6.07, 6.45) is 0.972. The minimum Gasteiger partial charge on any atom is -0.316 e. The van der Waals surface area contributed by atoms with Crippen molar-refractivity contribution in [1.29, 1.82) is 0 Å². The number of hydrogen-bond donors (Lipinski definition) is 1. The highest BCUT2D eigenvalue weighted by Gasteiger charge is 2.16. The quantitative estimate of drug-likeness (QED) is 0.911. The van der Waals surface area contributed by atoms with Crippen molar-refractivity contribution >= 4 is 11.3 Å². The maximum Gasteiger partial charge on any atom is 0.129 e. The highest BCUT2D eigenvalue weighted by Crippen LogP contribution is 2.17. The summed E-state index contributed by atoms with van der Waals surface area (Å²) in [4.78, 5) is 4.38. The first kappa shape index (κ1) is 14.1. The molecule has 0 aliphatic carbocycles. The van der Waals surface area contributed by atoms with E-state index in [0.29, 0.717) is 12.8 Å². The summed E-state index contributed by atoms with van der Waals surface area (Å²) in [5.41, 5.74) is 1.09. The summed E-state index contributed by atoms with van der Waals surface area (Å²) in [5.74, 6) is -0.982. The number of rotatable bonds is 5. The smallest absolute Gasteiger partial charge is 0.129 e. The molecule has 0 amide bonds. The Hall–Kier alpha value is -1.33. The Bertz CT molecular complexity index is 534. The van der Waals surface area contributed by atoms with Crippen molar-refractivity contribution in [3.05, 3.63) is 51.5 Å². The molecule has 0 fully saturated rings. The van der Waals surface area contributed by atoms with E-state index in [-0.39, 0.29) is 11.6 Å². The van der Waals surface area contributed by atoms with Crippen LogP contribution in [0.5, 0.6) is 0 Å². The van der Waals surface area contributed by atoms with Gasteiger partial charge in [-0.1, -0.05) is 6.07 Å². The third-order valence-electron chi connectivity index (χ3n) is 3.04. The van der Waals surface area contributed by atoms with Crippen LogP contribution in [0.4, 0.5) is 8.78 Å². The van der Waals surface area contributed by atoms with Crippen LogP contribution < -0.4 is 5.32 Å². The van der Waals surface area contributed by atoms with E-state index in [2.05, 4.69) is 10.3 Å². The normalized spacial score (nSPS) is 12.6. The first-order chi connectivity index (χ1) is 9.10. The Kier molecular flexibility index (Phi) is 4.61. The molecule has 0 saturated carbocycles. The molecule has 19 heavy (non-hydrogen) atoms. The lowest BCUT2D eigenvalue weighted by Gasteiger charge is -2.16. The number of benzene rings is 1. The molecular weight excluding hydrogens is 266 g/mol. The van der Waals surface area contributed by atoms with E-state index in [9.17, 15) is 8.78 Å².